The average Bonchev–Trinajstić information content (AvgIpc) is 2.97. The number of fused-ring (bicyclic) bond motifs is 1. The highest BCUT2D eigenvalue weighted by atomic mass is 16.5. The maximum Gasteiger partial charge on any atom is 0.319 e. The van der Waals surface area contributed by atoms with Gasteiger partial charge < -0.3 is 15.4 Å². The van der Waals surface area contributed by atoms with Crippen molar-refractivity contribution in [2.45, 2.75) is 6.54 Å². The number of rotatable bonds is 4. The smallest absolute Gasteiger partial charge is 0.319 e. The van der Waals surface area contributed by atoms with Gasteiger partial charge in [-0.3, -0.25) is 4.40 Å². The normalized spacial score (nSPS) is 10.4. The second-order valence-electron chi connectivity index (χ2n) is 4.58. The van der Waals surface area contributed by atoms with Gasteiger partial charge in [-0.05, 0) is 36.4 Å². The molecule has 112 valence electrons. The van der Waals surface area contributed by atoms with E-state index in [1.165, 1.54) is 0 Å². The quantitative estimate of drug-likeness (QED) is 0.772. The van der Waals surface area contributed by atoms with Gasteiger partial charge in [-0.2, -0.15) is 0 Å². The van der Waals surface area contributed by atoms with Crippen molar-refractivity contribution in [2.24, 2.45) is 0 Å². The summed E-state index contributed by atoms with van der Waals surface area (Å²) in [7, 11) is 1.60. The van der Waals surface area contributed by atoms with Crippen molar-refractivity contribution in [3.8, 4) is 5.75 Å². The van der Waals surface area contributed by atoms with Crippen LogP contribution < -0.4 is 15.4 Å². The highest BCUT2D eigenvalue weighted by Gasteiger charge is 2.07. The Labute approximate surface area is 126 Å². The van der Waals surface area contributed by atoms with Crippen LogP contribution in [0.4, 0.5) is 10.5 Å². The molecule has 0 unspecified atom stereocenters. The van der Waals surface area contributed by atoms with Crippen molar-refractivity contribution in [1.82, 2.24) is 19.9 Å². The zero-order valence-corrected chi connectivity index (χ0v) is 12.0. The molecular weight excluding hydrogens is 282 g/mol. The average molecular weight is 297 g/mol. The fraction of sp³-hybridized carbons (Fsp3) is 0.133. The predicted octanol–water partition coefficient (Wildman–Crippen LogP) is 2.06. The van der Waals surface area contributed by atoms with E-state index in [2.05, 4.69) is 20.8 Å². The number of carbonyl (C=O) groups is 1. The predicted molar refractivity (Wildman–Crippen MR) is 81.8 cm³/mol. The van der Waals surface area contributed by atoms with Gasteiger partial charge in [0.25, 0.3) is 0 Å². The van der Waals surface area contributed by atoms with Crippen LogP contribution in [0.15, 0.2) is 48.7 Å². The van der Waals surface area contributed by atoms with E-state index in [0.717, 1.165) is 11.4 Å². The topological polar surface area (TPSA) is 80.5 Å². The standard InChI is InChI=1S/C15H15N5O2/c1-22-12-7-5-11(6-8-12)17-15(21)16-10-14-19-18-13-4-2-3-9-20(13)14/h2-9H,10H2,1H3,(H2,16,17,21). The van der Waals surface area contributed by atoms with Gasteiger partial charge in [0.2, 0.25) is 0 Å². The molecule has 3 aromatic rings. The summed E-state index contributed by atoms with van der Waals surface area (Å²) in [5, 5.41) is 13.6. The molecule has 2 N–H and O–H groups in total. The molecule has 2 heterocycles. The third-order valence-electron chi connectivity index (χ3n) is 3.14. The van der Waals surface area contributed by atoms with Crippen LogP contribution in [0.1, 0.15) is 5.82 Å². The summed E-state index contributed by atoms with van der Waals surface area (Å²) >= 11 is 0. The summed E-state index contributed by atoms with van der Waals surface area (Å²) in [6.45, 7) is 0.285. The Bertz CT molecular complexity index is 782. The minimum atomic E-state index is -0.308. The maximum absolute atomic E-state index is 11.9. The van der Waals surface area contributed by atoms with Gasteiger partial charge in [-0.1, -0.05) is 6.07 Å². The summed E-state index contributed by atoms with van der Waals surface area (Å²) in [5.41, 5.74) is 1.43. The number of pyridine rings is 1. The lowest BCUT2D eigenvalue weighted by molar-refractivity contribution is 0.251. The third-order valence-corrected chi connectivity index (χ3v) is 3.14. The van der Waals surface area contributed by atoms with Gasteiger partial charge in [-0.15, -0.1) is 10.2 Å². The van der Waals surface area contributed by atoms with E-state index >= 15 is 0 Å². The first-order valence-electron chi connectivity index (χ1n) is 6.74. The van der Waals surface area contributed by atoms with Crippen molar-refractivity contribution in [3.05, 3.63) is 54.5 Å². The van der Waals surface area contributed by atoms with Crippen LogP contribution in [-0.2, 0) is 6.54 Å². The molecular formula is C15H15N5O2. The third kappa shape index (κ3) is 2.98. The van der Waals surface area contributed by atoms with Crippen LogP contribution in [0.2, 0.25) is 0 Å². The van der Waals surface area contributed by atoms with Gasteiger partial charge >= 0.3 is 6.03 Å². The van der Waals surface area contributed by atoms with Gasteiger partial charge in [0.1, 0.15) is 5.75 Å². The van der Waals surface area contributed by atoms with E-state index in [-0.39, 0.29) is 12.6 Å². The van der Waals surface area contributed by atoms with Crippen LogP contribution in [0.25, 0.3) is 5.65 Å². The van der Waals surface area contributed by atoms with Crippen LogP contribution in [0.5, 0.6) is 5.75 Å². The maximum atomic E-state index is 11.9. The number of ether oxygens (including phenoxy) is 1. The molecule has 3 rings (SSSR count). The minimum absolute atomic E-state index is 0.285. The number of hydrogen-bond acceptors (Lipinski definition) is 4. The second-order valence-corrected chi connectivity index (χ2v) is 4.58. The molecule has 0 spiro atoms. The SMILES string of the molecule is COc1ccc(NC(=O)NCc2nnc3ccccn23)cc1. The number of nitrogens with zero attached hydrogens (tertiary/aromatic N) is 3. The van der Waals surface area contributed by atoms with Crippen LogP contribution in [-0.4, -0.2) is 27.7 Å². The Morgan fingerprint density at radius 2 is 2.00 bits per heavy atom. The molecule has 2 aromatic heterocycles. The van der Waals surface area contributed by atoms with Gasteiger partial charge in [0, 0.05) is 11.9 Å². The van der Waals surface area contributed by atoms with E-state index in [1.54, 1.807) is 31.4 Å². The van der Waals surface area contributed by atoms with E-state index in [4.69, 9.17) is 4.74 Å². The molecule has 0 aliphatic carbocycles. The molecule has 22 heavy (non-hydrogen) atoms. The Balaban J connectivity index is 1.60. The number of carbonyl (C=O) groups excluding carboxylic acids is 1. The van der Waals surface area contributed by atoms with Crippen LogP contribution in [0.3, 0.4) is 0 Å². The highest BCUT2D eigenvalue weighted by Crippen LogP contribution is 2.14. The number of hydrogen-bond donors (Lipinski definition) is 2. The molecule has 0 aliphatic rings. The van der Waals surface area contributed by atoms with Crippen LogP contribution in [0, 0.1) is 0 Å². The molecule has 7 nitrogen and oxygen atoms in total. The molecule has 0 saturated carbocycles. The molecule has 0 fully saturated rings. The number of urea groups is 1. The molecule has 0 radical (unpaired) electrons. The van der Waals surface area contributed by atoms with E-state index in [0.29, 0.717) is 11.5 Å². The molecule has 1 aromatic carbocycles. The van der Waals surface area contributed by atoms with Gasteiger partial charge in [-0.25, -0.2) is 4.79 Å². The first-order chi connectivity index (χ1) is 10.8. The summed E-state index contributed by atoms with van der Waals surface area (Å²) in [5.74, 6) is 1.40. The molecule has 0 bridgehead atoms. The molecule has 0 saturated heterocycles. The lowest BCUT2D eigenvalue weighted by atomic mass is 10.3. The monoisotopic (exact) mass is 297 g/mol. The van der Waals surface area contributed by atoms with Crippen molar-refractivity contribution in [2.75, 3.05) is 12.4 Å². The summed E-state index contributed by atoms with van der Waals surface area (Å²) in [6.07, 6.45) is 1.85. The number of nitrogens with one attached hydrogen (secondary N) is 2. The van der Waals surface area contributed by atoms with Gasteiger partial charge in [0.05, 0.1) is 13.7 Å². The summed E-state index contributed by atoms with van der Waals surface area (Å²) in [6, 6.07) is 12.4. The second kappa shape index (κ2) is 6.13. The highest BCUT2D eigenvalue weighted by molar-refractivity contribution is 5.89. The number of aromatic nitrogens is 3. The Morgan fingerprint density at radius 3 is 2.77 bits per heavy atom. The fourth-order valence-electron chi connectivity index (χ4n) is 2.02. The molecule has 7 heteroatoms. The van der Waals surface area contributed by atoms with Gasteiger partial charge in [0.15, 0.2) is 11.5 Å². The van der Waals surface area contributed by atoms with Crippen molar-refractivity contribution in [1.29, 1.82) is 0 Å². The molecule has 0 aliphatic heterocycles. The number of amides is 2. The zero-order chi connectivity index (χ0) is 15.4. The number of benzene rings is 1. The number of methoxy groups -OCH3 is 1. The van der Waals surface area contributed by atoms with Crippen LogP contribution >= 0.6 is 0 Å². The number of anilines is 1. The van der Waals surface area contributed by atoms with Crippen molar-refractivity contribution in [3.63, 3.8) is 0 Å². The Hall–Kier alpha value is -3.09. The Morgan fingerprint density at radius 1 is 1.18 bits per heavy atom. The molecule has 2 amide bonds. The minimum Gasteiger partial charge on any atom is -0.497 e. The molecule has 0 atom stereocenters. The Kier molecular flexibility index (Phi) is 3.86. The first-order valence-corrected chi connectivity index (χ1v) is 6.74. The van der Waals surface area contributed by atoms with E-state index < -0.39 is 0 Å². The van der Waals surface area contributed by atoms with Crippen molar-refractivity contribution < 1.29 is 9.53 Å². The lowest BCUT2D eigenvalue weighted by Gasteiger charge is -2.07. The van der Waals surface area contributed by atoms with E-state index in [1.807, 2.05) is 28.8 Å². The lowest BCUT2D eigenvalue weighted by Crippen LogP contribution is -2.28. The van der Waals surface area contributed by atoms with E-state index in [9.17, 15) is 4.79 Å². The summed E-state index contributed by atoms with van der Waals surface area (Å²) < 4.78 is 6.89. The summed E-state index contributed by atoms with van der Waals surface area (Å²) in [4.78, 5) is 11.9. The zero-order valence-electron chi connectivity index (χ0n) is 12.0. The fourth-order valence-corrected chi connectivity index (χ4v) is 2.02. The first kappa shape index (κ1) is 13.9. The largest absolute Gasteiger partial charge is 0.497 e. The van der Waals surface area contributed by atoms with Crippen molar-refractivity contribution >= 4 is 17.4 Å².